The molecular weight excluding hydrogens is 208 g/mol. The summed E-state index contributed by atoms with van der Waals surface area (Å²) in [6.45, 7) is 5.25. The van der Waals surface area contributed by atoms with Gasteiger partial charge in [0.25, 0.3) is 11.6 Å². The van der Waals surface area contributed by atoms with Gasteiger partial charge in [-0.25, -0.2) is 0 Å². The van der Waals surface area contributed by atoms with Gasteiger partial charge in [0, 0.05) is 23.2 Å². The summed E-state index contributed by atoms with van der Waals surface area (Å²) >= 11 is 0. The zero-order chi connectivity index (χ0) is 12.3. The van der Waals surface area contributed by atoms with Gasteiger partial charge in [-0.3, -0.25) is 14.9 Å². The van der Waals surface area contributed by atoms with Crippen molar-refractivity contribution in [3.05, 3.63) is 39.4 Å². The van der Waals surface area contributed by atoms with Crippen LogP contribution in [0.2, 0.25) is 0 Å². The average molecular weight is 222 g/mol. The molecule has 0 heterocycles. The fraction of sp³-hybridized carbons (Fsp3) is 0.364. The summed E-state index contributed by atoms with van der Waals surface area (Å²) < 4.78 is 0. The molecular formula is C11H14N2O3. The largest absolute Gasteiger partial charge is 0.350 e. The molecule has 0 atom stereocenters. The smallest absolute Gasteiger partial charge is 0.273 e. The van der Waals surface area contributed by atoms with E-state index in [1.54, 1.807) is 13.0 Å². The van der Waals surface area contributed by atoms with Crippen LogP contribution in [0, 0.1) is 17.0 Å². The van der Waals surface area contributed by atoms with Gasteiger partial charge in [-0.2, -0.15) is 0 Å². The molecule has 5 heteroatoms. The number of carbonyl (C=O) groups excluding carboxylic acids is 1. The molecule has 0 spiro atoms. The first-order chi connectivity index (χ1) is 7.43. The van der Waals surface area contributed by atoms with Crippen LogP contribution in [0.3, 0.4) is 0 Å². The van der Waals surface area contributed by atoms with Crippen molar-refractivity contribution in [2.45, 2.75) is 26.8 Å². The van der Waals surface area contributed by atoms with Crippen molar-refractivity contribution in [3.63, 3.8) is 0 Å². The fourth-order valence-electron chi connectivity index (χ4n) is 1.41. The summed E-state index contributed by atoms with van der Waals surface area (Å²) in [5.74, 6) is -0.281. The summed E-state index contributed by atoms with van der Waals surface area (Å²) in [5.41, 5.74) is 0.713. The van der Waals surface area contributed by atoms with Gasteiger partial charge in [0.05, 0.1) is 4.92 Å². The third kappa shape index (κ3) is 2.56. The van der Waals surface area contributed by atoms with Crippen molar-refractivity contribution in [2.75, 3.05) is 0 Å². The molecule has 0 bridgehead atoms. The lowest BCUT2D eigenvalue weighted by molar-refractivity contribution is -0.385. The summed E-state index contributed by atoms with van der Waals surface area (Å²) in [7, 11) is 0. The van der Waals surface area contributed by atoms with Crippen molar-refractivity contribution >= 4 is 11.6 Å². The number of nitrogens with zero attached hydrogens (tertiary/aromatic N) is 1. The number of hydrogen-bond acceptors (Lipinski definition) is 3. The average Bonchev–Trinajstić information content (AvgIpc) is 2.16. The minimum absolute atomic E-state index is 0.00571. The Kier molecular flexibility index (Phi) is 3.60. The van der Waals surface area contributed by atoms with Gasteiger partial charge < -0.3 is 5.32 Å². The van der Waals surface area contributed by atoms with E-state index in [-0.39, 0.29) is 17.6 Å². The molecule has 86 valence electrons. The number of nitro groups is 1. The Morgan fingerprint density at radius 1 is 1.44 bits per heavy atom. The van der Waals surface area contributed by atoms with Crippen molar-refractivity contribution in [3.8, 4) is 0 Å². The highest BCUT2D eigenvalue weighted by Crippen LogP contribution is 2.20. The van der Waals surface area contributed by atoms with E-state index in [0.717, 1.165) is 0 Å². The second-order valence-electron chi connectivity index (χ2n) is 3.83. The number of amides is 1. The number of rotatable bonds is 3. The standard InChI is InChI=1S/C11H14N2O3/c1-7(2)12-11(14)9-5-4-6-10(8(9)3)13(15)16/h4-7H,1-3H3,(H,12,14). The van der Waals surface area contributed by atoms with Gasteiger partial charge in [0.15, 0.2) is 0 Å². The summed E-state index contributed by atoms with van der Waals surface area (Å²) in [6, 6.07) is 4.49. The minimum Gasteiger partial charge on any atom is -0.350 e. The van der Waals surface area contributed by atoms with E-state index in [4.69, 9.17) is 0 Å². The Hall–Kier alpha value is -1.91. The third-order valence-corrected chi connectivity index (χ3v) is 2.17. The maximum absolute atomic E-state index is 11.7. The molecule has 1 aromatic rings. The molecule has 0 aliphatic heterocycles. The van der Waals surface area contributed by atoms with E-state index in [1.807, 2.05) is 13.8 Å². The van der Waals surface area contributed by atoms with E-state index in [1.165, 1.54) is 12.1 Å². The van der Waals surface area contributed by atoms with Crippen LogP contribution in [0.5, 0.6) is 0 Å². The highest BCUT2D eigenvalue weighted by molar-refractivity contribution is 5.96. The van der Waals surface area contributed by atoms with E-state index < -0.39 is 4.92 Å². The molecule has 0 saturated carbocycles. The van der Waals surface area contributed by atoms with Gasteiger partial charge in [0.1, 0.15) is 0 Å². The highest BCUT2D eigenvalue weighted by atomic mass is 16.6. The Morgan fingerprint density at radius 3 is 2.56 bits per heavy atom. The van der Waals surface area contributed by atoms with Crippen molar-refractivity contribution in [1.82, 2.24) is 5.32 Å². The fourth-order valence-corrected chi connectivity index (χ4v) is 1.41. The molecule has 5 nitrogen and oxygen atoms in total. The molecule has 1 amide bonds. The van der Waals surface area contributed by atoms with Crippen LogP contribution in [0.1, 0.15) is 29.8 Å². The van der Waals surface area contributed by atoms with Crippen LogP contribution in [-0.4, -0.2) is 16.9 Å². The Bertz CT molecular complexity index is 427. The van der Waals surface area contributed by atoms with Crippen LogP contribution in [0.25, 0.3) is 0 Å². The second kappa shape index (κ2) is 4.74. The van der Waals surface area contributed by atoms with Crippen LogP contribution >= 0.6 is 0 Å². The summed E-state index contributed by atoms with van der Waals surface area (Å²) in [5, 5.41) is 13.4. The van der Waals surface area contributed by atoms with Crippen molar-refractivity contribution < 1.29 is 9.72 Å². The predicted molar refractivity (Wildman–Crippen MR) is 60.4 cm³/mol. The van der Waals surface area contributed by atoms with E-state index in [2.05, 4.69) is 5.32 Å². The van der Waals surface area contributed by atoms with Gasteiger partial charge >= 0.3 is 0 Å². The zero-order valence-electron chi connectivity index (χ0n) is 9.48. The lowest BCUT2D eigenvalue weighted by atomic mass is 10.1. The quantitative estimate of drug-likeness (QED) is 0.628. The van der Waals surface area contributed by atoms with Crippen LogP contribution in [0.4, 0.5) is 5.69 Å². The molecule has 0 aromatic heterocycles. The Balaban J connectivity index is 3.10. The van der Waals surface area contributed by atoms with E-state index >= 15 is 0 Å². The summed E-state index contributed by atoms with van der Waals surface area (Å²) in [6.07, 6.45) is 0. The van der Waals surface area contributed by atoms with Crippen molar-refractivity contribution in [1.29, 1.82) is 0 Å². The van der Waals surface area contributed by atoms with Gasteiger partial charge in [-0.15, -0.1) is 0 Å². The zero-order valence-corrected chi connectivity index (χ0v) is 9.48. The normalized spacial score (nSPS) is 10.2. The lowest BCUT2D eigenvalue weighted by Crippen LogP contribution is -2.30. The van der Waals surface area contributed by atoms with E-state index in [0.29, 0.717) is 11.1 Å². The maximum Gasteiger partial charge on any atom is 0.273 e. The SMILES string of the molecule is Cc1c(C(=O)NC(C)C)cccc1[N+](=O)[O-]. The van der Waals surface area contributed by atoms with Gasteiger partial charge in [0.2, 0.25) is 0 Å². The molecule has 16 heavy (non-hydrogen) atoms. The molecule has 1 rings (SSSR count). The van der Waals surface area contributed by atoms with Gasteiger partial charge in [-0.05, 0) is 26.8 Å². The Morgan fingerprint density at radius 2 is 2.06 bits per heavy atom. The predicted octanol–water partition coefficient (Wildman–Crippen LogP) is 2.04. The molecule has 0 fully saturated rings. The van der Waals surface area contributed by atoms with Gasteiger partial charge in [-0.1, -0.05) is 6.07 Å². The first-order valence-electron chi connectivity index (χ1n) is 4.98. The number of carbonyl (C=O) groups is 1. The number of benzene rings is 1. The third-order valence-electron chi connectivity index (χ3n) is 2.17. The van der Waals surface area contributed by atoms with Crippen LogP contribution in [0.15, 0.2) is 18.2 Å². The Labute approximate surface area is 93.6 Å². The molecule has 0 unspecified atom stereocenters. The molecule has 0 aliphatic carbocycles. The van der Waals surface area contributed by atoms with Crippen molar-refractivity contribution in [2.24, 2.45) is 0 Å². The second-order valence-corrected chi connectivity index (χ2v) is 3.83. The number of hydrogen-bond donors (Lipinski definition) is 1. The maximum atomic E-state index is 11.7. The number of nitro benzene ring substituents is 1. The molecule has 0 aliphatic rings. The minimum atomic E-state index is -0.485. The first-order valence-corrected chi connectivity index (χ1v) is 4.98. The molecule has 0 radical (unpaired) electrons. The van der Waals surface area contributed by atoms with Crippen LogP contribution < -0.4 is 5.32 Å². The topological polar surface area (TPSA) is 72.2 Å². The highest BCUT2D eigenvalue weighted by Gasteiger charge is 2.17. The lowest BCUT2D eigenvalue weighted by Gasteiger charge is -2.10. The molecule has 0 saturated heterocycles. The summed E-state index contributed by atoms with van der Waals surface area (Å²) in [4.78, 5) is 21.9. The monoisotopic (exact) mass is 222 g/mol. The molecule has 1 N–H and O–H groups in total. The van der Waals surface area contributed by atoms with Crippen LogP contribution in [-0.2, 0) is 0 Å². The first kappa shape index (κ1) is 12.2. The molecule has 1 aromatic carbocycles. The van der Waals surface area contributed by atoms with E-state index in [9.17, 15) is 14.9 Å². The number of nitrogens with one attached hydrogen (secondary N) is 1.